The van der Waals surface area contributed by atoms with Crippen LogP contribution < -0.4 is 5.32 Å². The number of rotatable bonds is 4. The van der Waals surface area contributed by atoms with Crippen molar-refractivity contribution in [2.24, 2.45) is 0 Å². The maximum Gasteiger partial charge on any atom is 0.277 e. The van der Waals surface area contributed by atoms with Gasteiger partial charge in [-0.2, -0.15) is 5.10 Å². The number of amides is 1. The first-order chi connectivity index (χ1) is 9.13. The van der Waals surface area contributed by atoms with Crippen LogP contribution in [-0.2, 0) is 13.0 Å². The molecule has 100 valence electrons. The number of carbonyl (C=O) groups excluding carboxylic acids is 1. The lowest BCUT2D eigenvalue weighted by Crippen LogP contribution is -2.13. The molecule has 0 unspecified atom stereocenters. The van der Waals surface area contributed by atoms with E-state index in [0.717, 1.165) is 12.1 Å². The van der Waals surface area contributed by atoms with Crippen LogP contribution in [0.5, 0.6) is 0 Å². The number of hydrogen-bond donors (Lipinski definition) is 1. The summed E-state index contributed by atoms with van der Waals surface area (Å²) in [6.07, 6.45) is 2.62. The molecule has 1 aromatic carbocycles. The van der Waals surface area contributed by atoms with E-state index in [-0.39, 0.29) is 11.6 Å². The average Bonchev–Trinajstić information content (AvgIpc) is 2.81. The van der Waals surface area contributed by atoms with Crippen LogP contribution >= 0.6 is 11.6 Å². The van der Waals surface area contributed by atoms with E-state index < -0.39 is 0 Å². The first kappa shape index (κ1) is 13.6. The van der Waals surface area contributed by atoms with Gasteiger partial charge >= 0.3 is 0 Å². The van der Waals surface area contributed by atoms with Gasteiger partial charge in [0.25, 0.3) is 5.91 Å². The number of hydrogen-bond acceptors (Lipinski definition) is 2. The van der Waals surface area contributed by atoms with Crippen molar-refractivity contribution in [3.63, 3.8) is 0 Å². The quantitative estimate of drug-likeness (QED) is 0.931. The van der Waals surface area contributed by atoms with Crippen LogP contribution in [0.3, 0.4) is 0 Å². The van der Waals surface area contributed by atoms with Crippen molar-refractivity contribution in [2.45, 2.75) is 26.8 Å². The average molecular weight is 278 g/mol. The number of nitrogens with one attached hydrogen (secondary N) is 1. The van der Waals surface area contributed by atoms with Gasteiger partial charge in [-0.3, -0.25) is 9.48 Å². The van der Waals surface area contributed by atoms with E-state index in [2.05, 4.69) is 17.3 Å². The zero-order valence-corrected chi connectivity index (χ0v) is 11.7. The Hall–Kier alpha value is -1.81. The van der Waals surface area contributed by atoms with E-state index >= 15 is 0 Å². The SMILES string of the molecule is CCc1ccc(NC(=O)c2nn(CC)cc2Cl)cc1. The first-order valence-electron chi connectivity index (χ1n) is 6.27. The molecule has 0 saturated heterocycles. The van der Waals surface area contributed by atoms with E-state index in [9.17, 15) is 4.79 Å². The van der Waals surface area contributed by atoms with Crippen LogP contribution in [0, 0.1) is 0 Å². The first-order valence-corrected chi connectivity index (χ1v) is 6.65. The molecule has 0 fully saturated rings. The van der Waals surface area contributed by atoms with Crippen LogP contribution in [0.1, 0.15) is 29.9 Å². The highest BCUT2D eigenvalue weighted by Crippen LogP contribution is 2.16. The predicted octanol–water partition coefficient (Wildman–Crippen LogP) is 3.37. The van der Waals surface area contributed by atoms with Gasteiger partial charge in [-0.15, -0.1) is 0 Å². The maximum absolute atomic E-state index is 12.0. The third-order valence-electron chi connectivity index (χ3n) is 2.88. The van der Waals surface area contributed by atoms with Crippen LogP contribution in [0.2, 0.25) is 5.02 Å². The molecule has 0 aliphatic heterocycles. The topological polar surface area (TPSA) is 46.9 Å². The lowest BCUT2D eigenvalue weighted by Gasteiger charge is -2.04. The van der Waals surface area contributed by atoms with Gasteiger partial charge in [0.05, 0.1) is 5.02 Å². The Labute approximate surface area is 117 Å². The predicted molar refractivity (Wildman–Crippen MR) is 76.7 cm³/mol. The molecule has 0 spiro atoms. The molecule has 0 saturated carbocycles. The number of aryl methyl sites for hydroxylation is 2. The van der Waals surface area contributed by atoms with E-state index in [1.54, 1.807) is 10.9 Å². The molecule has 0 atom stereocenters. The van der Waals surface area contributed by atoms with E-state index in [0.29, 0.717) is 11.6 Å². The van der Waals surface area contributed by atoms with Crippen LogP contribution in [0.4, 0.5) is 5.69 Å². The molecule has 0 aliphatic carbocycles. The van der Waals surface area contributed by atoms with Crippen molar-refractivity contribution >= 4 is 23.2 Å². The standard InChI is InChI=1S/C14H16ClN3O/c1-3-10-5-7-11(8-6-10)16-14(19)13-12(15)9-18(4-2)17-13/h5-9H,3-4H2,1-2H3,(H,16,19). The summed E-state index contributed by atoms with van der Waals surface area (Å²) in [5, 5.41) is 7.28. The van der Waals surface area contributed by atoms with Gasteiger partial charge in [0, 0.05) is 18.4 Å². The minimum atomic E-state index is -0.290. The minimum Gasteiger partial charge on any atom is -0.321 e. The molecule has 19 heavy (non-hydrogen) atoms. The third kappa shape index (κ3) is 3.15. The summed E-state index contributed by atoms with van der Waals surface area (Å²) in [6.45, 7) is 4.71. The van der Waals surface area contributed by atoms with Gasteiger partial charge < -0.3 is 5.32 Å². The van der Waals surface area contributed by atoms with E-state index in [4.69, 9.17) is 11.6 Å². The lowest BCUT2D eigenvalue weighted by atomic mass is 10.1. The van der Waals surface area contributed by atoms with Crippen molar-refractivity contribution in [1.29, 1.82) is 0 Å². The van der Waals surface area contributed by atoms with Gasteiger partial charge in [0.1, 0.15) is 0 Å². The van der Waals surface area contributed by atoms with Gasteiger partial charge in [0.2, 0.25) is 0 Å². The fraction of sp³-hybridized carbons (Fsp3) is 0.286. The molecule has 2 aromatic rings. The molecule has 1 N–H and O–H groups in total. The second-order valence-electron chi connectivity index (χ2n) is 4.19. The van der Waals surface area contributed by atoms with Crippen molar-refractivity contribution in [3.8, 4) is 0 Å². The van der Waals surface area contributed by atoms with Gasteiger partial charge in [-0.1, -0.05) is 30.7 Å². The maximum atomic E-state index is 12.0. The van der Waals surface area contributed by atoms with Crippen LogP contribution in [0.15, 0.2) is 30.5 Å². The molecule has 1 amide bonds. The van der Waals surface area contributed by atoms with Gasteiger partial charge in [-0.05, 0) is 31.0 Å². The van der Waals surface area contributed by atoms with Gasteiger partial charge in [-0.25, -0.2) is 0 Å². The van der Waals surface area contributed by atoms with Crippen molar-refractivity contribution < 1.29 is 4.79 Å². The van der Waals surface area contributed by atoms with Gasteiger partial charge in [0.15, 0.2) is 5.69 Å². The fourth-order valence-corrected chi connectivity index (χ4v) is 1.96. The smallest absolute Gasteiger partial charge is 0.277 e. The summed E-state index contributed by atoms with van der Waals surface area (Å²) in [7, 11) is 0. The van der Waals surface area contributed by atoms with Crippen LogP contribution in [0.25, 0.3) is 0 Å². The number of benzene rings is 1. The molecule has 0 bridgehead atoms. The number of nitrogens with zero attached hydrogens (tertiary/aromatic N) is 2. The monoisotopic (exact) mass is 277 g/mol. The summed E-state index contributed by atoms with van der Waals surface area (Å²) < 4.78 is 1.64. The molecule has 1 aromatic heterocycles. The fourth-order valence-electron chi connectivity index (χ4n) is 1.73. The molecular weight excluding hydrogens is 262 g/mol. The second kappa shape index (κ2) is 5.89. The summed E-state index contributed by atoms with van der Waals surface area (Å²) in [4.78, 5) is 12.0. The molecule has 2 rings (SSSR count). The lowest BCUT2D eigenvalue weighted by molar-refractivity contribution is 0.102. The Morgan fingerprint density at radius 2 is 2.00 bits per heavy atom. The minimum absolute atomic E-state index is 0.253. The molecular formula is C14H16ClN3O. The highest BCUT2D eigenvalue weighted by atomic mass is 35.5. The highest BCUT2D eigenvalue weighted by Gasteiger charge is 2.15. The van der Waals surface area contributed by atoms with Crippen LogP contribution in [-0.4, -0.2) is 15.7 Å². The highest BCUT2D eigenvalue weighted by molar-refractivity contribution is 6.34. The Morgan fingerprint density at radius 1 is 1.32 bits per heavy atom. The second-order valence-corrected chi connectivity index (χ2v) is 4.59. The summed E-state index contributed by atoms with van der Waals surface area (Å²) >= 11 is 5.99. The third-order valence-corrected chi connectivity index (χ3v) is 3.15. The normalized spacial score (nSPS) is 10.5. The Kier molecular flexibility index (Phi) is 4.22. The zero-order chi connectivity index (χ0) is 13.8. The summed E-state index contributed by atoms with van der Waals surface area (Å²) in [6, 6.07) is 7.73. The van der Waals surface area contributed by atoms with E-state index in [1.165, 1.54) is 5.56 Å². The number of anilines is 1. The number of halogens is 1. The Morgan fingerprint density at radius 3 is 2.53 bits per heavy atom. The zero-order valence-electron chi connectivity index (χ0n) is 11.0. The Bertz CT molecular complexity index is 575. The summed E-state index contributed by atoms with van der Waals surface area (Å²) in [5.41, 5.74) is 2.22. The molecule has 0 aliphatic rings. The molecule has 0 radical (unpaired) electrons. The van der Waals surface area contributed by atoms with Crippen molar-refractivity contribution in [3.05, 3.63) is 46.7 Å². The number of carbonyl (C=O) groups is 1. The van der Waals surface area contributed by atoms with E-state index in [1.807, 2.05) is 31.2 Å². The molecule has 4 nitrogen and oxygen atoms in total. The van der Waals surface area contributed by atoms with Crippen molar-refractivity contribution in [1.82, 2.24) is 9.78 Å². The molecule has 1 heterocycles. The summed E-state index contributed by atoms with van der Waals surface area (Å²) in [5.74, 6) is -0.290. The molecule has 5 heteroatoms. The van der Waals surface area contributed by atoms with Crippen molar-refractivity contribution in [2.75, 3.05) is 5.32 Å². The number of aromatic nitrogens is 2. The largest absolute Gasteiger partial charge is 0.321 e. The Balaban J connectivity index is 2.13.